The van der Waals surface area contributed by atoms with Gasteiger partial charge in [0.05, 0.1) is 18.2 Å². The first kappa shape index (κ1) is 16.6. The van der Waals surface area contributed by atoms with Gasteiger partial charge in [0.2, 0.25) is 0 Å². The Balaban J connectivity index is 2.39. The lowest BCUT2D eigenvalue weighted by atomic mass is 9.87. The van der Waals surface area contributed by atoms with Crippen LogP contribution in [0.25, 0.3) is 0 Å². The van der Waals surface area contributed by atoms with E-state index in [0.717, 1.165) is 16.7 Å². The molecule has 6 heteroatoms. The third-order valence-corrected chi connectivity index (χ3v) is 4.06. The number of anilines is 1. The monoisotopic (exact) mass is 302 g/mol. The Labute approximate surface area is 131 Å². The van der Waals surface area contributed by atoms with Gasteiger partial charge in [-0.1, -0.05) is 12.2 Å². The maximum atomic E-state index is 12.9. The van der Waals surface area contributed by atoms with Crippen molar-refractivity contribution in [1.82, 2.24) is 4.90 Å². The van der Waals surface area contributed by atoms with Crippen LogP contribution in [0.5, 0.6) is 0 Å². The van der Waals surface area contributed by atoms with E-state index in [2.05, 4.69) is 11.8 Å². The molecule has 1 amide bonds. The van der Waals surface area contributed by atoms with E-state index >= 15 is 0 Å². The molecule has 1 aliphatic rings. The minimum absolute atomic E-state index is 0.0746. The van der Waals surface area contributed by atoms with Crippen LogP contribution >= 0.6 is 0 Å². The third-order valence-electron chi connectivity index (χ3n) is 4.06. The molecule has 118 valence electrons. The van der Waals surface area contributed by atoms with Crippen molar-refractivity contribution in [2.45, 2.75) is 33.1 Å². The van der Waals surface area contributed by atoms with Gasteiger partial charge in [0.15, 0.2) is 0 Å². The zero-order chi connectivity index (χ0) is 16.4. The molecule has 1 aromatic rings. The van der Waals surface area contributed by atoms with E-state index < -0.39 is 7.05 Å². The molecule has 1 fully saturated rings. The Morgan fingerprint density at radius 3 is 2.68 bits per heavy atom. The first-order chi connectivity index (χ1) is 10.3. The van der Waals surface area contributed by atoms with E-state index in [1.807, 2.05) is 26.0 Å². The normalized spacial score (nSPS) is 17.8. The van der Waals surface area contributed by atoms with Crippen molar-refractivity contribution in [1.29, 1.82) is 0 Å². The van der Waals surface area contributed by atoms with Crippen LogP contribution in [-0.4, -0.2) is 47.2 Å². The standard InChI is InChI=1S/C16H23BN2O3/c1-10-5-13(9-20)19(8-10)16(21)14-6-11(2)12(3)7-15(14)18-17(4)22/h6-7,13,18,20,22H,1,5,8-9H2,2-4H3/t13-/m0/s1. The molecule has 22 heavy (non-hydrogen) atoms. The quantitative estimate of drug-likeness (QED) is 0.583. The van der Waals surface area contributed by atoms with E-state index in [-0.39, 0.29) is 18.6 Å². The smallest absolute Gasteiger partial charge is 0.406 e. The Morgan fingerprint density at radius 2 is 2.09 bits per heavy atom. The fraction of sp³-hybridized carbons (Fsp3) is 0.438. The topological polar surface area (TPSA) is 72.8 Å². The molecule has 0 saturated carbocycles. The Kier molecular flexibility index (Phi) is 4.93. The molecule has 0 bridgehead atoms. The van der Waals surface area contributed by atoms with E-state index in [1.54, 1.807) is 11.7 Å². The maximum absolute atomic E-state index is 12.9. The summed E-state index contributed by atoms with van der Waals surface area (Å²) in [6.07, 6.45) is 0.631. The van der Waals surface area contributed by atoms with Crippen LogP contribution in [0, 0.1) is 13.8 Å². The van der Waals surface area contributed by atoms with E-state index in [9.17, 15) is 14.9 Å². The molecule has 2 rings (SSSR count). The average molecular weight is 302 g/mol. The molecule has 0 aromatic heterocycles. The summed E-state index contributed by atoms with van der Waals surface area (Å²) in [6, 6.07) is 3.48. The summed E-state index contributed by atoms with van der Waals surface area (Å²) in [5.74, 6) is -0.149. The second-order valence-electron chi connectivity index (χ2n) is 6.03. The highest BCUT2D eigenvalue weighted by Crippen LogP contribution is 2.28. The van der Waals surface area contributed by atoms with Crippen molar-refractivity contribution in [3.63, 3.8) is 0 Å². The molecule has 1 saturated heterocycles. The van der Waals surface area contributed by atoms with Crippen LogP contribution in [0.1, 0.15) is 27.9 Å². The number of carbonyl (C=O) groups excluding carboxylic acids is 1. The summed E-state index contributed by atoms with van der Waals surface area (Å²) in [7, 11) is -0.754. The maximum Gasteiger partial charge on any atom is 0.406 e. The van der Waals surface area contributed by atoms with Crippen LogP contribution < -0.4 is 5.23 Å². The fourth-order valence-electron chi connectivity index (χ4n) is 2.77. The Bertz CT molecular complexity index is 601. The van der Waals surface area contributed by atoms with E-state index in [4.69, 9.17) is 0 Å². The van der Waals surface area contributed by atoms with Gasteiger partial charge in [-0.25, -0.2) is 0 Å². The summed E-state index contributed by atoms with van der Waals surface area (Å²) >= 11 is 0. The van der Waals surface area contributed by atoms with Crippen molar-refractivity contribution >= 4 is 18.6 Å². The number of aliphatic hydroxyl groups excluding tert-OH is 1. The van der Waals surface area contributed by atoms with Gasteiger partial charge in [0, 0.05) is 12.2 Å². The lowest BCUT2D eigenvalue weighted by molar-refractivity contribution is 0.0680. The SMILES string of the molecule is C=C1C[C@@H](CO)N(C(=O)c2cc(C)c(C)cc2NB(C)O)C1. The van der Waals surface area contributed by atoms with Gasteiger partial charge in [-0.15, -0.1) is 0 Å². The van der Waals surface area contributed by atoms with Crippen LogP contribution in [0.4, 0.5) is 5.69 Å². The van der Waals surface area contributed by atoms with Gasteiger partial charge in [-0.2, -0.15) is 0 Å². The number of hydrogen-bond donors (Lipinski definition) is 3. The third kappa shape index (κ3) is 3.34. The molecule has 1 aliphatic heterocycles. The Morgan fingerprint density at radius 1 is 1.45 bits per heavy atom. The number of benzene rings is 1. The number of amides is 1. The molecular weight excluding hydrogens is 279 g/mol. The molecule has 0 aliphatic carbocycles. The first-order valence-electron chi connectivity index (χ1n) is 7.47. The van der Waals surface area contributed by atoms with Crippen molar-refractivity contribution < 1.29 is 14.9 Å². The predicted molar refractivity (Wildman–Crippen MR) is 89.0 cm³/mol. The first-order valence-corrected chi connectivity index (χ1v) is 7.47. The number of aliphatic hydroxyl groups is 1. The number of aryl methyl sites for hydroxylation is 2. The van der Waals surface area contributed by atoms with Crippen molar-refractivity contribution in [2.24, 2.45) is 0 Å². The van der Waals surface area contributed by atoms with Crippen LogP contribution in [0.2, 0.25) is 6.82 Å². The second kappa shape index (κ2) is 6.54. The zero-order valence-electron chi connectivity index (χ0n) is 13.4. The summed E-state index contributed by atoms with van der Waals surface area (Å²) in [5.41, 5.74) is 4.12. The van der Waals surface area contributed by atoms with Gasteiger partial charge in [0.25, 0.3) is 5.91 Å². The lowest BCUT2D eigenvalue weighted by Gasteiger charge is -2.25. The summed E-state index contributed by atoms with van der Waals surface area (Å²) in [4.78, 5) is 14.5. The van der Waals surface area contributed by atoms with E-state index in [0.29, 0.717) is 24.2 Å². The average Bonchev–Trinajstić information content (AvgIpc) is 2.82. The largest absolute Gasteiger partial charge is 0.433 e. The molecule has 5 nitrogen and oxygen atoms in total. The molecule has 1 aromatic carbocycles. The van der Waals surface area contributed by atoms with Crippen LogP contribution in [0.15, 0.2) is 24.3 Å². The summed E-state index contributed by atoms with van der Waals surface area (Å²) in [6.45, 7) is 9.83. The minimum atomic E-state index is -0.754. The highest BCUT2D eigenvalue weighted by atomic mass is 16.3. The van der Waals surface area contributed by atoms with Gasteiger partial charge < -0.3 is 20.3 Å². The Hall–Kier alpha value is -1.79. The van der Waals surface area contributed by atoms with Crippen LogP contribution in [0.3, 0.4) is 0 Å². The molecule has 1 heterocycles. The molecule has 3 N–H and O–H groups in total. The molecule has 0 spiro atoms. The molecule has 1 atom stereocenters. The number of carbonyl (C=O) groups is 1. The summed E-state index contributed by atoms with van der Waals surface area (Å²) < 4.78 is 0. The van der Waals surface area contributed by atoms with Gasteiger partial charge in [-0.05, 0) is 50.4 Å². The molecule has 0 unspecified atom stereocenters. The highest BCUT2D eigenvalue weighted by molar-refractivity contribution is 6.53. The minimum Gasteiger partial charge on any atom is -0.433 e. The fourth-order valence-corrected chi connectivity index (χ4v) is 2.77. The summed E-state index contributed by atoms with van der Waals surface area (Å²) in [5, 5.41) is 22.0. The van der Waals surface area contributed by atoms with Gasteiger partial charge >= 0.3 is 7.05 Å². The predicted octanol–water partition coefficient (Wildman–Crippen LogP) is 1.59. The number of nitrogens with one attached hydrogen (secondary N) is 1. The van der Waals surface area contributed by atoms with Gasteiger partial charge in [-0.3, -0.25) is 4.79 Å². The molecule has 0 radical (unpaired) electrons. The molecular formula is C16H23BN2O3. The second-order valence-corrected chi connectivity index (χ2v) is 6.03. The van der Waals surface area contributed by atoms with E-state index in [1.165, 1.54) is 0 Å². The number of hydrogen-bond acceptors (Lipinski definition) is 4. The van der Waals surface area contributed by atoms with Crippen LogP contribution in [-0.2, 0) is 0 Å². The van der Waals surface area contributed by atoms with Crippen molar-refractivity contribution in [2.75, 3.05) is 18.4 Å². The highest BCUT2D eigenvalue weighted by Gasteiger charge is 2.32. The lowest BCUT2D eigenvalue weighted by Crippen LogP contribution is -2.38. The van der Waals surface area contributed by atoms with Crippen molar-refractivity contribution in [3.05, 3.63) is 41.0 Å². The number of likely N-dealkylation sites (tertiary alicyclic amines) is 1. The van der Waals surface area contributed by atoms with Crippen molar-refractivity contribution in [3.8, 4) is 0 Å². The zero-order valence-corrected chi connectivity index (χ0v) is 13.4. The van der Waals surface area contributed by atoms with Gasteiger partial charge in [0.1, 0.15) is 0 Å². The number of nitrogens with zero attached hydrogens (tertiary/aromatic N) is 1. The number of rotatable bonds is 4.